The third kappa shape index (κ3) is 5.48. The van der Waals surface area contributed by atoms with Crippen LogP contribution in [0.3, 0.4) is 0 Å². The van der Waals surface area contributed by atoms with Gasteiger partial charge in [0.2, 0.25) is 0 Å². The summed E-state index contributed by atoms with van der Waals surface area (Å²) in [5.41, 5.74) is 11.4. The lowest BCUT2D eigenvalue weighted by atomic mass is 9.93. The van der Waals surface area contributed by atoms with E-state index in [1.165, 1.54) is 21.0 Å². The number of benzene rings is 8. The highest BCUT2D eigenvalue weighted by molar-refractivity contribution is 7.26. The molecule has 56 heavy (non-hydrogen) atoms. The number of aromatic nitrogens is 3. The van der Waals surface area contributed by atoms with Gasteiger partial charge in [-0.05, 0) is 64.2 Å². The standard InChI is InChI=1S/C51H31N3OS/c1-4-15-32(16-5-1)35-21-12-22-36(29-35)50-52-49(34-19-8-3-9-20-34)53-51(54-50)41-26-13-25-40-46-38(24-14-28-45(46)56-48(40)41)37-30-42(33-17-6-2-7-18-33)47-43(31-37)39-23-10-11-27-44(39)55-47/h1-31H. The number of thiophene rings is 1. The molecule has 0 aliphatic rings. The molecule has 0 amide bonds. The van der Waals surface area contributed by atoms with Crippen LogP contribution in [0.2, 0.25) is 0 Å². The van der Waals surface area contributed by atoms with E-state index in [4.69, 9.17) is 19.4 Å². The number of fused-ring (bicyclic) bond motifs is 6. The molecule has 262 valence electrons. The normalized spacial score (nSPS) is 11.6. The van der Waals surface area contributed by atoms with Crippen LogP contribution in [0.4, 0.5) is 0 Å². The maximum atomic E-state index is 6.53. The number of nitrogens with zero attached hydrogens (tertiary/aromatic N) is 3. The quantitative estimate of drug-likeness (QED) is 0.171. The van der Waals surface area contributed by atoms with E-state index in [1.807, 2.05) is 36.4 Å². The Labute approximate surface area is 327 Å². The van der Waals surface area contributed by atoms with Crippen molar-refractivity contribution in [3.63, 3.8) is 0 Å². The SMILES string of the molecule is c1ccc(-c2cccc(-c3nc(-c4ccccc4)nc(-c4cccc5c4sc4cccc(-c6cc(-c7ccccc7)c7oc8ccccc8c7c6)c45)n3)c2)cc1. The number of furan rings is 1. The predicted octanol–water partition coefficient (Wildman–Crippen LogP) is 14.1. The van der Waals surface area contributed by atoms with Crippen molar-refractivity contribution >= 4 is 53.4 Å². The van der Waals surface area contributed by atoms with E-state index in [0.29, 0.717) is 17.5 Å². The molecule has 3 aromatic heterocycles. The molecule has 0 fully saturated rings. The highest BCUT2D eigenvalue weighted by Gasteiger charge is 2.20. The molecule has 0 saturated carbocycles. The Morgan fingerprint density at radius 1 is 0.357 bits per heavy atom. The fourth-order valence-corrected chi connectivity index (χ4v) is 9.13. The molecule has 0 radical (unpaired) electrons. The zero-order valence-corrected chi connectivity index (χ0v) is 30.9. The van der Waals surface area contributed by atoms with E-state index in [2.05, 4.69) is 152 Å². The van der Waals surface area contributed by atoms with Gasteiger partial charge in [0.05, 0.1) is 0 Å². The molecule has 4 nitrogen and oxygen atoms in total. The second-order valence-electron chi connectivity index (χ2n) is 13.9. The third-order valence-corrected chi connectivity index (χ3v) is 11.7. The fraction of sp³-hybridized carbons (Fsp3) is 0. The van der Waals surface area contributed by atoms with Crippen LogP contribution in [0.1, 0.15) is 0 Å². The van der Waals surface area contributed by atoms with Gasteiger partial charge in [0.1, 0.15) is 11.2 Å². The Kier molecular flexibility index (Phi) is 7.64. The second-order valence-corrected chi connectivity index (χ2v) is 15.0. The van der Waals surface area contributed by atoms with Crippen molar-refractivity contribution < 1.29 is 4.42 Å². The van der Waals surface area contributed by atoms with Crippen molar-refractivity contribution in [3.8, 4) is 67.5 Å². The summed E-state index contributed by atoms with van der Waals surface area (Å²) in [5, 5.41) is 4.61. The van der Waals surface area contributed by atoms with Gasteiger partial charge < -0.3 is 4.42 Å². The molecule has 0 N–H and O–H groups in total. The fourth-order valence-electron chi connectivity index (χ4n) is 7.89. The summed E-state index contributed by atoms with van der Waals surface area (Å²) in [4.78, 5) is 15.4. The van der Waals surface area contributed by atoms with Crippen molar-refractivity contribution in [1.82, 2.24) is 15.0 Å². The first-order valence-corrected chi connectivity index (χ1v) is 19.5. The van der Waals surface area contributed by atoms with Gasteiger partial charge in [-0.15, -0.1) is 11.3 Å². The maximum Gasteiger partial charge on any atom is 0.165 e. The molecule has 5 heteroatoms. The summed E-state index contributed by atoms with van der Waals surface area (Å²) in [6, 6.07) is 65.6. The summed E-state index contributed by atoms with van der Waals surface area (Å²) in [5.74, 6) is 1.93. The van der Waals surface area contributed by atoms with E-state index in [-0.39, 0.29) is 0 Å². The monoisotopic (exact) mass is 733 g/mol. The van der Waals surface area contributed by atoms with Crippen molar-refractivity contribution in [2.24, 2.45) is 0 Å². The Morgan fingerprint density at radius 3 is 1.75 bits per heavy atom. The van der Waals surface area contributed by atoms with E-state index in [0.717, 1.165) is 71.1 Å². The van der Waals surface area contributed by atoms with Gasteiger partial charge in [-0.2, -0.15) is 0 Å². The molecule has 0 saturated heterocycles. The maximum absolute atomic E-state index is 6.53. The molecule has 0 aliphatic carbocycles. The zero-order valence-electron chi connectivity index (χ0n) is 30.1. The van der Waals surface area contributed by atoms with Gasteiger partial charge in [0, 0.05) is 53.2 Å². The van der Waals surface area contributed by atoms with Crippen LogP contribution in [-0.2, 0) is 0 Å². The van der Waals surface area contributed by atoms with Gasteiger partial charge in [-0.25, -0.2) is 15.0 Å². The van der Waals surface area contributed by atoms with Crippen molar-refractivity contribution in [3.05, 3.63) is 188 Å². The topological polar surface area (TPSA) is 51.8 Å². The van der Waals surface area contributed by atoms with Crippen LogP contribution in [0, 0.1) is 0 Å². The Bertz CT molecular complexity index is 3240. The van der Waals surface area contributed by atoms with Gasteiger partial charge in [0.15, 0.2) is 17.5 Å². The minimum Gasteiger partial charge on any atom is -0.455 e. The minimum atomic E-state index is 0.638. The smallest absolute Gasteiger partial charge is 0.165 e. The van der Waals surface area contributed by atoms with Crippen LogP contribution in [0.25, 0.3) is 110 Å². The molecular weight excluding hydrogens is 703 g/mol. The largest absolute Gasteiger partial charge is 0.455 e. The Balaban J connectivity index is 1.12. The molecule has 0 atom stereocenters. The van der Waals surface area contributed by atoms with Crippen molar-refractivity contribution in [2.45, 2.75) is 0 Å². The van der Waals surface area contributed by atoms with E-state index < -0.39 is 0 Å². The molecule has 0 aliphatic heterocycles. The first-order chi connectivity index (χ1) is 27.7. The second kappa shape index (κ2) is 13.3. The number of hydrogen-bond donors (Lipinski definition) is 0. The molecule has 0 unspecified atom stereocenters. The lowest BCUT2D eigenvalue weighted by molar-refractivity contribution is 0.670. The van der Waals surface area contributed by atoms with E-state index >= 15 is 0 Å². The van der Waals surface area contributed by atoms with Gasteiger partial charge in [0.25, 0.3) is 0 Å². The molecule has 11 aromatic rings. The lowest BCUT2D eigenvalue weighted by Crippen LogP contribution is -2.00. The minimum absolute atomic E-state index is 0.638. The van der Waals surface area contributed by atoms with Gasteiger partial charge in [-0.3, -0.25) is 0 Å². The molecule has 0 bridgehead atoms. The molecule has 0 spiro atoms. The summed E-state index contributed by atoms with van der Waals surface area (Å²) in [6.07, 6.45) is 0. The highest BCUT2D eigenvalue weighted by atomic mass is 32.1. The van der Waals surface area contributed by atoms with E-state index in [9.17, 15) is 0 Å². The molecule has 3 heterocycles. The molecular formula is C51H31N3OS. The lowest BCUT2D eigenvalue weighted by Gasteiger charge is -2.11. The average Bonchev–Trinajstić information content (AvgIpc) is 3.86. The van der Waals surface area contributed by atoms with Gasteiger partial charge >= 0.3 is 0 Å². The number of para-hydroxylation sites is 1. The van der Waals surface area contributed by atoms with Crippen molar-refractivity contribution in [2.75, 3.05) is 0 Å². The molecule has 11 rings (SSSR count). The average molecular weight is 734 g/mol. The third-order valence-electron chi connectivity index (χ3n) is 10.5. The summed E-state index contributed by atoms with van der Waals surface area (Å²) in [7, 11) is 0. The van der Waals surface area contributed by atoms with E-state index in [1.54, 1.807) is 11.3 Å². The highest BCUT2D eigenvalue weighted by Crippen LogP contribution is 2.46. The number of hydrogen-bond acceptors (Lipinski definition) is 5. The summed E-state index contributed by atoms with van der Waals surface area (Å²) < 4.78 is 8.88. The van der Waals surface area contributed by atoms with Gasteiger partial charge in [-0.1, -0.05) is 152 Å². The first-order valence-electron chi connectivity index (χ1n) is 18.7. The molecule has 8 aromatic carbocycles. The number of rotatable bonds is 6. The van der Waals surface area contributed by atoms with Crippen LogP contribution in [-0.4, -0.2) is 15.0 Å². The van der Waals surface area contributed by atoms with Crippen LogP contribution < -0.4 is 0 Å². The summed E-state index contributed by atoms with van der Waals surface area (Å²) in [6.45, 7) is 0. The zero-order chi connectivity index (χ0) is 37.0. The Hall–Kier alpha value is -7.21. The first kappa shape index (κ1) is 32.2. The van der Waals surface area contributed by atoms with Crippen LogP contribution in [0.15, 0.2) is 192 Å². The van der Waals surface area contributed by atoms with Crippen LogP contribution in [0.5, 0.6) is 0 Å². The van der Waals surface area contributed by atoms with Crippen LogP contribution >= 0.6 is 11.3 Å². The summed E-state index contributed by atoms with van der Waals surface area (Å²) >= 11 is 1.78. The Morgan fingerprint density at radius 2 is 0.946 bits per heavy atom. The predicted molar refractivity (Wildman–Crippen MR) is 233 cm³/mol. The van der Waals surface area contributed by atoms with Crippen molar-refractivity contribution in [1.29, 1.82) is 0 Å².